The van der Waals surface area contributed by atoms with Gasteiger partial charge in [0.1, 0.15) is 0 Å². The van der Waals surface area contributed by atoms with E-state index in [-0.39, 0.29) is 18.4 Å². The minimum absolute atomic E-state index is 0. The average Bonchev–Trinajstić information content (AvgIpc) is 2.16. The summed E-state index contributed by atoms with van der Waals surface area (Å²) in [4.78, 5) is 4.30. The van der Waals surface area contributed by atoms with Crippen LogP contribution in [-0.4, -0.2) is 4.98 Å². The van der Waals surface area contributed by atoms with Crippen LogP contribution in [0.3, 0.4) is 0 Å². The molecule has 4 heteroatoms. The predicted octanol–water partition coefficient (Wildman–Crippen LogP) is 3.33. The van der Waals surface area contributed by atoms with Gasteiger partial charge < -0.3 is 5.73 Å². The third-order valence-electron chi connectivity index (χ3n) is 2.19. The van der Waals surface area contributed by atoms with Crippen molar-refractivity contribution in [1.82, 2.24) is 4.98 Å². The maximum absolute atomic E-state index is 5.89. The predicted molar refractivity (Wildman–Crippen MR) is 66.6 cm³/mol. The van der Waals surface area contributed by atoms with Gasteiger partial charge in [0.05, 0.1) is 5.52 Å². The maximum Gasteiger partial charge on any atom is 0.0703 e. The molecule has 0 fully saturated rings. The highest BCUT2D eigenvalue weighted by Gasteiger charge is 2.02. The summed E-state index contributed by atoms with van der Waals surface area (Å²) in [6.45, 7) is 1.94. The molecule has 2 N–H and O–H groups in total. The van der Waals surface area contributed by atoms with E-state index in [4.69, 9.17) is 17.3 Å². The molecule has 0 spiro atoms. The van der Waals surface area contributed by atoms with E-state index in [0.717, 1.165) is 21.5 Å². The molecule has 0 radical (unpaired) electrons. The number of aromatic nitrogens is 1. The van der Waals surface area contributed by atoms with Crippen LogP contribution in [0.5, 0.6) is 0 Å². The first kappa shape index (κ1) is 12.2. The van der Waals surface area contributed by atoms with E-state index in [0.29, 0.717) is 0 Å². The Hall–Kier alpha value is -0.830. The van der Waals surface area contributed by atoms with E-state index in [2.05, 4.69) is 4.98 Å². The molecular formula is C11H12Cl2N2. The molecule has 1 heterocycles. The van der Waals surface area contributed by atoms with Crippen molar-refractivity contribution in [3.05, 3.63) is 41.0 Å². The third kappa shape index (κ3) is 2.59. The van der Waals surface area contributed by atoms with Crippen LogP contribution in [0.2, 0.25) is 5.02 Å². The molecule has 0 saturated heterocycles. The number of hydrogen-bond donors (Lipinski definition) is 1. The second-order valence-corrected chi connectivity index (χ2v) is 3.83. The van der Waals surface area contributed by atoms with Crippen LogP contribution in [0.1, 0.15) is 18.5 Å². The monoisotopic (exact) mass is 242 g/mol. The van der Waals surface area contributed by atoms with Gasteiger partial charge >= 0.3 is 0 Å². The summed E-state index contributed by atoms with van der Waals surface area (Å²) in [6, 6.07) is 7.67. The topological polar surface area (TPSA) is 38.9 Å². The second-order valence-electron chi connectivity index (χ2n) is 3.39. The van der Waals surface area contributed by atoms with Crippen molar-refractivity contribution in [2.45, 2.75) is 13.0 Å². The smallest absolute Gasteiger partial charge is 0.0703 e. The molecule has 0 amide bonds. The Morgan fingerprint density at radius 2 is 2.07 bits per heavy atom. The van der Waals surface area contributed by atoms with Crippen LogP contribution in [0, 0.1) is 0 Å². The molecule has 0 aliphatic heterocycles. The van der Waals surface area contributed by atoms with Crippen molar-refractivity contribution < 1.29 is 0 Å². The van der Waals surface area contributed by atoms with Gasteiger partial charge in [-0.25, -0.2) is 0 Å². The van der Waals surface area contributed by atoms with Crippen molar-refractivity contribution in [3.63, 3.8) is 0 Å². The molecule has 1 aromatic carbocycles. The van der Waals surface area contributed by atoms with E-state index < -0.39 is 0 Å². The standard InChI is InChI=1S/C11H11ClN2.ClH/c1-7(13)9-4-8-5-10(12)2-3-11(8)14-6-9;/h2-7H,13H2,1H3;1H/t7-;/m0./s1. The van der Waals surface area contributed by atoms with Gasteiger partial charge in [-0.3, -0.25) is 4.98 Å². The first-order valence-electron chi connectivity index (χ1n) is 4.47. The minimum atomic E-state index is 0. The molecule has 0 aliphatic rings. The molecule has 0 bridgehead atoms. The van der Waals surface area contributed by atoms with Gasteiger partial charge in [-0.15, -0.1) is 12.4 Å². The normalized spacial score (nSPS) is 12.2. The number of rotatable bonds is 1. The fourth-order valence-corrected chi connectivity index (χ4v) is 1.55. The molecule has 2 nitrogen and oxygen atoms in total. The lowest BCUT2D eigenvalue weighted by molar-refractivity contribution is 0.814. The van der Waals surface area contributed by atoms with Crippen molar-refractivity contribution in [2.24, 2.45) is 5.73 Å². The first-order valence-corrected chi connectivity index (χ1v) is 4.85. The van der Waals surface area contributed by atoms with Crippen LogP contribution < -0.4 is 5.73 Å². The van der Waals surface area contributed by atoms with Gasteiger partial charge in [0.25, 0.3) is 0 Å². The fraction of sp³-hybridized carbons (Fsp3) is 0.182. The second kappa shape index (κ2) is 4.79. The Kier molecular flexibility index (Phi) is 3.91. The Labute approximate surface area is 99.9 Å². The Morgan fingerprint density at radius 3 is 2.73 bits per heavy atom. The van der Waals surface area contributed by atoms with E-state index >= 15 is 0 Å². The van der Waals surface area contributed by atoms with Gasteiger partial charge in [-0.2, -0.15) is 0 Å². The summed E-state index contributed by atoms with van der Waals surface area (Å²) in [5.41, 5.74) is 7.74. The number of nitrogens with two attached hydrogens (primary N) is 1. The van der Waals surface area contributed by atoms with Crippen molar-refractivity contribution in [2.75, 3.05) is 0 Å². The molecule has 0 unspecified atom stereocenters. The fourth-order valence-electron chi connectivity index (χ4n) is 1.37. The SMILES string of the molecule is C[C@H](N)c1cnc2ccc(Cl)cc2c1.Cl. The number of benzene rings is 1. The zero-order valence-electron chi connectivity index (χ0n) is 8.27. The molecule has 0 saturated carbocycles. The lowest BCUT2D eigenvalue weighted by Gasteiger charge is -2.06. The number of halogens is 2. The van der Waals surface area contributed by atoms with Crippen molar-refractivity contribution in [1.29, 1.82) is 0 Å². The summed E-state index contributed by atoms with van der Waals surface area (Å²) in [5, 5.41) is 1.76. The highest BCUT2D eigenvalue weighted by atomic mass is 35.5. The first-order chi connectivity index (χ1) is 6.66. The summed E-state index contributed by atoms with van der Waals surface area (Å²) in [7, 11) is 0. The quantitative estimate of drug-likeness (QED) is 0.834. The van der Waals surface area contributed by atoms with Gasteiger partial charge in [0.15, 0.2) is 0 Å². The summed E-state index contributed by atoms with van der Waals surface area (Å²) in [6.07, 6.45) is 1.81. The minimum Gasteiger partial charge on any atom is -0.324 e. The van der Waals surface area contributed by atoms with E-state index in [1.165, 1.54) is 0 Å². The van der Waals surface area contributed by atoms with Crippen LogP contribution in [0.25, 0.3) is 10.9 Å². The largest absolute Gasteiger partial charge is 0.324 e. The van der Waals surface area contributed by atoms with Crippen LogP contribution in [0.15, 0.2) is 30.5 Å². The average molecular weight is 243 g/mol. The molecule has 15 heavy (non-hydrogen) atoms. The van der Waals surface area contributed by atoms with Crippen LogP contribution in [0.4, 0.5) is 0 Å². The van der Waals surface area contributed by atoms with Gasteiger partial charge in [0.2, 0.25) is 0 Å². The Bertz CT molecular complexity index is 469. The zero-order valence-corrected chi connectivity index (χ0v) is 9.85. The molecule has 80 valence electrons. The lowest BCUT2D eigenvalue weighted by Crippen LogP contribution is -2.05. The van der Waals surface area contributed by atoms with Crippen LogP contribution in [-0.2, 0) is 0 Å². The summed E-state index contributed by atoms with van der Waals surface area (Å²) >= 11 is 5.89. The van der Waals surface area contributed by atoms with Crippen molar-refractivity contribution in [3.8, 4) is 0 Å². The van der Waals surface area contributed by atoms with E-state index in [1.807, 2.05) is 31.2 Å². The van der Waals surface area contributed by atoms with E-state index in [1.54, 1.807) is 6.20 Å². The molecule has 2 aromatic rings. The molecule has 1 atom stereocenters. The van der Waals surface area contributed by atoms with Crippen LogP contribution >= 0.6 is 24.0 Å². The Balaban J connectivity index is 0.00000112. The highest BCUT2D eigenvalue weighted by Crippen LogP contribution is 2.20. The van der Waals surface area contributed by atoms with Gasteiger partial charge in [0, 0.05) is 22.6 Å². The molecule has 2 rings (SSSR count). The number of nitrogens with zero attached hydrogens (tertiary/aromatic N) is 1. The van der Waals surface area contributed by atoms with E-state index in [9.17, 15) is 0 Å². The third-order valence-corrected chi connectivity index (χ3v) is 2.43. The van der Waals surface area contributed by atoms with Gasteiger partial charge in [-0.05, 0) is 36.8 Å². The molecule has 1 aromatic heterocycles. The summed E-state index contributed by atoms with van der Waals surface area (Å²) < 4.78 is 0. The zero-order chi connectivity index (χ0) is 10.1. The number of hydrogen-bond acceptors (Lipinski definition) is 2. The lowest BCUT2D eigenvalue weighted by atomic mass is 10.1. The molecule has 0 aliphatic carbocycles. The van der Waals surface area contributed by atoms with Crippen molar-refractivity contribution >= 4 is 34.9 Å². The Morgan fingerprint density at radius 1 is 1.33 bits per heavy atom. The number of pyridine rings is 1. The molecular weight excluding hydrogens is 231 g/mol. The highest BCUT2D eigenvalue weighted by molar-refractivity contribution is 6.31. The summed E-state index contributed by atoms with van der Waals surface area (Å²) in [5.74, 6) is 0. The number of fused-ring (bicyclic) bond motifs is 1. The maximum atomic E-state index is 5.89. The van der Waals surface area contributed by atoms with Gasteiger partial charge in [-0.1, -0.05) is 11.6 Å².